The molecule has 7 nitrogen and oxygen atoms in total. The molecule has 0 radical (unpaired) electrons. The van der Waals surface area contributed by atoms with Gasteiger partial charge >= 0.3 is 11.9 Å². The van der Waals surface area contributed by atoms with Crippen LogP contribution in [0.1, 0.15) is 12.8 Å². The number of carboxylic acid groups (broad SMARTS) is 2. The minimum Gasteiger partial charge on any atom is -0.481 e. The molecule has 0 aromatic heterocycles. The van der Waals surface area contributed by atoms with E-state index in [2.05, 4.69) is 0 Å². The van der Waals surface area contributed by atoms with Gasteiger partial charge < -0.3 is 21.3 Å². The first-order valence-electron chi connectivity index (χ1n) is 3.91. The third-order valence-corrected chi connectivity index (χ3v) is 1.38. The summed E-state index contributed by atoms with van der Waals surface area (Å²) in [5.74, 6) is -3.23. The largest absolute Gasteiger partial charge is 0.481 e. The lowest BCUT2D eigenvalue weighted by atomic mass is 10.2. The molecule has 0 aliphatic rings. The molecule has 0 fully saturated rings. The molecule has 5 N–H and O–H groups in total. The average Bonchev–Trinajstić information content (AvgIpc) is 2.02. The second kappa shape index (κ2) is 5.92. The van der Waals surface area contributed by atoms with Crippen LogP contribution in [0, 0.1) is 0 Å². The maximum atomic E-state index is 10.9. The minimum atomic E-state index is -1.40. The SMILES string of the molecule is NCCC(=O)NC(CC(=O)O)C(=O)O. The van der Waals surface area contributed by atoms with E-state index in [1.807, 2.05) is 5.32 Å². The highest BCUT2D eigenvalue weighted by molar-refractivity contribution is 5.86. The summed E-state index contributed by atoms with van der Waals surface area (Å²) in [7, 11) is 0. The Labute approximate surface area is 79.9 Å². The molecule has 0 heterocycles. The lowest BCUT2D eigenvalue weighted by molar-refractivity contribution is -0.147. The molecular formula is C7H12N2O5. The second-order valence-electron chi connectivity index (χ2n) is 2.59. The number of carbonyl (C=O) groups is 3. The van der Waals surface area contributed by atoms with Crippen molar-refractivity contribution in [2.75, 3.05) is 6.54 Å². The van der Waals surface area contributed by atoms with Gasteiger partial charge in [0, 0.05) is 13.0 Å². The van der Waals surface area contributed by atoms with Crippen LogP contribution in [0.5, 0.6) is 0 Å². The van der Waals surface area contributed by atoms with Crippen molar-refractivity contribution in [1.29, 1.82) is 0 Å². The summed E-state index contributed by atoms with van der Waals surface area (Å²) in [6.07, 6.45) is -0.672. The first-order valence-corrected chi connectivity index (χ1v) is 3.91. The number of hydrogen-bond donors (Lipinski definition) is 4. The van der Waals surface area contributed by atoms with E-state index < -0.39 is 30.3 Å². The van der Waals surface area contributed by atoms with E-state index in [0.717, 1.165) is 0 Å². The van der Waals surface area contributed by atoms with Crippen LogP contribution in [-0.4, -0.2) is 40.6 Å². The number of aliphatic carboxylic acids is 2. The Hall–Kier alpha value is -1.63. The van der Waals surface area contributed by atoms with Gasteiger partial charge in [-0.1, -0.05) is 0 Å². The van der Waals surface area contributed by atoms with Crippen molar-refractivity contribution in [3.05, 3.63) is 0 Å². The third-order valence-electron chi connectivity index (χ3n) is 1.38. The van der Waals surface area contributed by atoms with Crippen LogP contribution in [-0.2, 0) is 14.4 Å². The summed E-state index contributed by atoms with van der Waals surface area (Å²) in [6, 6.07) is -1.40. The lowest BCUT2D eigenvalue weighted by Gasteiger charge is -2.11. The third kappa shape index (κ3) is 5.09. The molecule has 0 rings (SSSR count). The van der Waals surface area contributed by atoms with Gasteiger partial charge in [-0.25, -0.2) is 4.79 Å². The number of hydrogen-bond acceptors (Lipinski definition) is 4. The summed E-state index contributed by atoms with van der Waals surface area (Å²) in [6.45, 7) is 0.0885. The van der Waals surface area contributed by atoms with E-state index in [4.69, 9.17) is 15.9 Å². The molecule has 1 atom stereocenters. The molecule has 0 aliphatic carbocycles. The maximum Gasteiger partial charge on any atom is 0.326 e. The van der Waals surface area contributed by atoms with Crippen LogP contribution in [0.3, 0.4) is 0 Å². The van der Waals surface area contributed by atoms with Crippen LogP contribution in [0.25, 0.3) is 0 Å². The number of amides is 1. The van der Waals surface area contributed by atoms with Crippen molar-refractivity contribution in [2.45, 2.75) is 18.9 Å². The predicted octanol–water partition coefficient (Wildman–Crippen LogP) is -1.62. The molecule has 0 aromatic rings. The number of nitrogens with one attached hydrogen (secondary N) is 1. The van der Waals surface area contributed by atoms with Crippen molar-refractivity contribution < 1.29 is 24.6 Å². The van der Waals surface area contributed by atoms with Gasteiger partial charge in [0.25, 0.3) is 0 Å². The monoisotopic (exact) mass is 204 g/mol. The van der Waals surface area contributed by atoms with Gasteiger partial charge in [0.2, 0.25) is 5.91 Å². The molecule has 0 aromatic carbocycles. The fraction of sp³-hybridized carbons (Fsp3) is 0.571. The zero-order valence-corrected chi connectivity index (χ0v) is 7.40. The molecule has 14 heavy (non-hydrogen) atoms. The van der Waals surface area contributed by atoms with Gasteiger partial charge in [0.15, 0.2) is 0 Å². The van der Waals surface area contributed by atoms with Crippen LogP contribution < -0.4 is 11.1 Å². The van der Waals surface area contributed by atoms with Crippen molar-refractivity contribution in [3.8, 4) is 0 Å². The van der Waals surface area contributed by atoms with Crippen molar-refractivity contribution >= 4 is 17.8 Å². The molecule has 1 amide bonds. The highest BCUT2D eigenvalue weighted by atomic mass is 16.4. The molecular weight excluding hydrogens is 192 g/mol. The fourth-order valence-corrected chi connectivity index (χ4v) is 0.772. The van der Waals surface area contributed by atoms with Crippen LogP contribution in [0.4, 0.5) is 0 Å². The quantitative estimate of drug-likeness (QED) is 0.411. The summed E-state index contributed by atoms with van der Waals surface area (Å²) in [4.78, 5) is 31.6. The topological polar surface area (TPSA) is 130 Å². The van der Waals surface area contributed by atoms with Gasteiger partial charge in [-0.05, 0) is 0 Å². The number of rotatable bonds is 6. The minimum absolute atomic E-state index is 0.0244. The Morgan fingerprint density at radius 2 is 1.86 bits per heavy atom. The molecule has 7 heteroatoms. The van der Waals surface area contributed by atoms with Crippen LogP contribution >= 0.6 is 0 Å². The molecule has 80 valence electrons. The van der Waals surface area contributed by atoms with Gasteiger partial charge in [-0.3, -0.25) is 9.59 Å². The Bertz CT molecular complexity index is 240. The Balaban J connectivity index is 4.16. The van der Waals surface area contributed by atoms with Gasteiger partial charge in [0.1, 0.15) is 6.04 Å². The van der Waals surface area contributed by atoms with Crippen molar-refractivity contribution in [1.82, 2.24) is 5.32 Å². The van der Waals surface area contributed by atoms with E-state index in [0.29, 0.717) is 0 Å². The maximum absolute atomic E-state index is 10.9. The van der Waals surface area contributed by atoms with E-state index in [-0.39, 0.29) is 13.0 Å². The standard InChI is InChI=1S/C7H12N2O5/c8-2-1-5(10)9-4(7(13)14)3-6(11)12/h4H,1-3,8H2,(H,9,10)(H,11,12)(H,13,14). The zero-order valence-electron chi connectivity index (χ0n) is 7.40. The van der Waals surface area contributed by atoms with E-state index in [9.17, 15) is 14.4 Å². The molecule has 0 aliphatic heterocycles. The summed E-state index contributed by atoms with van der Waals surface area (Å²) in [5.41, 5.74) is 5.06. The summed E-state index contributed by atoms with van der Waals surface area (Å²) < 4.78 is 0. The number of nitrogens with two attached hydrogens (primary N) is 1. The normalized spacial score (nSPS) is 11.8. The summed E-state index contributed by atoms with van der Waals surface area (Å²) >= 11 is 0. The van der Waals surface area contributed by atoms with Crippen LogP contribution in [0.2, 0.25) is 0 Å². The lowest BCUT2D eigenvalue weighted by Crippen LogP contribution is -2.42. The average molecular weight is 204 g/mol. The second-order valence-corrected chi connectivity index (χ2v) is 2.59. The predicted molar refractivity (Wildman–Crippen MR) is 45.5 cm³/mol. The van der Waals surface area contributed by atoms with E-state index in [1.165, 1.54) is 0 Å². The highest BCUT2D eigenvalue weighted by Crippen LogP contribution is 1.93. The number of carboxylic acids is 2. The first-order chi connectivity index (χ1) is 6.47. The van der Waals surface area contributed by atoms with Gasteiger partial charge in [0.05, 0.1) is 6.42 Å². The van der Waals surface area contributed by atoms with Gasteiger partial charge in [-0.2, -0.15) is 0 Å². The van der Waals surface area contributed by atoms with Crippen molar-refractivity contribution in [2.24, 2.45) is 5.73 Å². The molecule has 0 spiro atoms. The van der Waals surface area contributed by atoms with Crippen molar-refractivity contribution in [3.63, 3.8) is 0 Å². The first kappa shape index (κ1) is 12.4. The highest BCUT2D eigenvalue weighted by Gasteiger charge is 2.22. The zero-order chi connectivity index (χ0) is 11.1. The van der Waals surface area contributed by atoms with Crippen LogP contribution in [0.15, 0.2) is 0 Å². The fourth-order valence-electron chi connectivity index (χ4n) is 0.772. The Kier molecular flexibility index (Phi) is 5.23. The smallest absolute Gasteiger partial charge is 0.326 e. The molecule has 0 saturated heterocycles. The van der Waals surface area contributed by atoms with E-state index >= 15 is 0 Å². The van der Waals surface area contributed by atoms with Gasteiger partial charge in [-0.15, -0.1) is 0 Å². The Morgan fingerprint density at radius 1 is 1.29 bits per heavy atom. The Morgan fingerprint density at radius 3 is 2.21 bits per heavy atom. The van der Waals surface area contributed by atoms with E-state index in [1.54, 1.807) is 0 Å². The number of carbonyl (C=O) groups excluding carboxylic acids is 1. The molecule has 0 saturated carbocycles. The summed E-state index contributed by atoms with van der Waals surface area (Å²) in [5, 5.41) is 18.9. The molecule has 0 bridgehead atoms. The molecule has 1 unspecified atom stereocenters.